The standard InChI is InChI=1S/C12H17ClN2/c1-14-11(8-9-4-2-5-9)12-10(13)6-3-7-15-12/h3,6-7,9,11,14H,2,4-5,8H2,1H3. The van der Waals surface area contributed by atoms with E-state index in [2.05, 4.69) is 10.3 Å². The van der Waals surface area contributed by atoms with Crippen LogP contribution >= 0.6 is 11.6 Å². The molecule has 1 saturated carbocycles. The van der Waals surface area contributed by atoms with Crippen molar-refractivity contribution >= 4 is 11.6 Å². The fourth-order valence-electron chi connectivity index (χ4n) is 2.08. The van der Waals surface area contributed by atoms with Crippen molar-refractivity contribution in [3.05, 3.63) is 29.0 Å². The van der Waals surface area contributed by atoms with Crippen LogP contribution in [0, 0.1) is 5.92 Å². The number of hydrogen-bond donors (Lipinski definition) is 1. The van der Waals surface area contributed by atoms with E-state index < -0.39 is 0 Å². The summed E-state index contributed by atoms with van der Waals surface area (Å²) in [4.78, 5) is 4.37. The van der Waals surface area contributed by atoms with Crippen LogP contribution in [0.4, 0.5) is 0 Å². The van der Waals surface area contributed by atoms with Gasteiger partial charge in [0.25, 0.3) is 0 Å². The Hall–Kier alpha value is -0.600. The highest BCUT2D eigenvalue weighted by Gasteiger charge is 2.23. The first-order chi connectivity index (χ1) is 7.31. The summed E-state index contributed by atoms with van der Waals surface area (Å²) < 4.78 is 0. The summed E-state index contributed by atoms with van der Waals surface area (Å²) in [6.07, 6.45) is 7.09. The van der Waals surface area contributed by atoms with Crippen molar-refractivity contribution in [3.8, 4) is 0 Å². The molecule has 0 bridgehead atoms. The Balaban J connectivity index is 2.07. The van der Waals surface area contributed by atoms with Gasteiger partial charge in [-0.15, -0.1) is 0 Å². The molecule has 1 aliphatic carbocycles. The van der Waals surface area contributed by atoms with Gasteiger partial charge < -0.3 is 5.32 Å². The van der Waals surface area contributed by atoms with Crippen molar-refractivity contribution in [1.82, 2.24) is 10.3 Å². The van der Waals surface area contributed by atoms with Gasteiger partial charge in [0, 0.05) is 6.20 Å². The number of hydrogen-bond acceptors (Lipinski definition) is 2. The monoisotopic (exact) mass is 224 g/mol. The predicted molar refractivity (Wildman–Crippen MR) is 63.0 cm³/mol. The number of aromatic nitrogens is 1. The van der Waals surface area contributed by atoms with Crippen LogP contribution in [0.5, 0.6) is 0 Å². The minimum atomic E-state index is 0.309. The average Bonchev–Trinajstić information content (AvgIpc) is 2.19. The number of pyridine rings is 1. The molecule has 0 radical (unpaired) electrons. The smallest absolute Gasteiger partial charge is 0.0758 e. The van der Waals surface area contributed by atoms with Gasteiger partial charge in [0.15, 0.2) is 0 Å². The molecule has 0 saturated heterocycles. The molecule has 1 aromatic rings. The van der Waals surface area contributed by atoms with E-state index in [1.165, 1.54) is 19.3 Å². The van der Waals surface area contributed by atoms with Gasteiger partial charge in [0.2, 0.25) is 0 Å². The molecule has 1 unspecified atom stereocenters. The third-order valence-electron chi connectivity index (χ3n) is 3.26. The Labute approximate surface area is 96.1 Å². The van der Waals surface area contributed by atoms with Crippen LogP contribution in [0.3, 0.4) is 0 Å². The van der Waals surface area contributed by atoms with E-state index in [1.807, 2.05) is 25.4 Å². The summed E-state index contributed by atoms with van der Waals surface area (Å²) in [5.41, 5.74) is 0.994. The molecule has 0 aromatic carbocycles. The van der Waals surface area contributed by atoms with Gasteiger partial charge in [-0.25, -0.2) is 0 Å². The zero-order chi connectivity index (χ0) is 10.7. The van der Waals surface area contributed by atoms with Crippen LogP contribution in [0.2, 0.25) is 5.02 Å². The van der Waals surface area contributed by atoms with E-state index >= 15 is 0 Å². The normalized spacial score (nSPS) is 18.5. The first-order valence-electron chi connectivity index (χ1n) is 5.59. The second kappa shape index (κ2) is 4.95. The van der Waals surface area contributed by atoms with E-state index in [4.69, 9.17) is 11.6 Å². The molecule has 0 aliphatic heterocycles. The van der Waals surface area contributed by atoms with Crippen LogP contribution in [0.25, 0.3) is 0 Å². The third-order valence-corrected chi connectivity index (χ3v) is 3.58. The van der Waals surface area contributed by atoms with Gasteiger partial charge in [0.05, 0.1) is 16.8 Å². The lowest BCUT2D eigenvalue weighted by molar-refractivity contribution is 0.264. The van der Waals surface area contributed by atoms with Crippen LogP contribution < -0.4 is 5.32 Å². The molecule has 1 fully saturated rings. The van der Waals surface area contributed by atoms with Crippen LogP contribution in [0.1, 0.15) is 37.4 Å². The summed E-state index contributed by atoms with van der Waals surface area (Å²) >= 11 is 6.14. The van der Waals surface area contributed by atoms with Crippen molar-refractivity contribution in [3.63, 3.8) is 0 Å². The minimum Gasteiger partial charge on any atom is -0.312 e. The maximum Gasteiger partial charge on any atom is 0.0758 e. The zero-order valence-corrected chi connectivity index (χ0v) is 9.80. The molecular formula is C12H17ClN2. The lowest BCUT2D eigenvalue weighted by Crippen LogP contribution is -2.24. The van der Waals surface area contributed by atoms with Crippen LogP contribution in [-0.4, -0.2) is 12.0 Å². The molecule has 2 nitrogen and oxygen atoms in total. The molecule has 1 aromatic heterocycles. The van der Waals surface area contributed by atoms with Gasteiger partial charge in [-0.3, -0.25) is 4.98 Å². The molecule has 15 heavy (non-hydrogen) atoms. The van der Waals surface area contributed by atoms with E-state index in [0.29, 0.717) is 6.04 Å². The SMILES string of the molecule is CNC(CC1CCC1)c1ncccc1Cl. The summed E-state index contributed by atoms with van der Waals surface area (Å²) in [7, 11) is 1.98. The number of halogens is 1. The second-order valence-electron chi connectivity index (χ2n) is 4.24. The highest BCUT2D eigenvalue weighted by atomic mass is 35.5. The molecule has 1 N–H and O–H groups in total. The van der Waals surface area contributed by atoms with Crippen LogP contribution in [0.15, 0.2) is 18.3 Å². The lowest BCUT2D eigenvalue weighted by atomic mass is 9.80. The first-order valence-corrected chi connectivity index (χ1v) is 5.96. The Morgan fingerprint density at radius 1 is 1.60 bits per heavy atom. The fraction of sp³-hybridized carbons (Fsp3) is 0.583. The zero-order valence-electron chi connectivity index (χ0n) is 9.04. The third kappa shape index (κ3) is 2.50. The van der Waals surface area contributed by atoms with Crippen molar-refractivity contribution < 1.29 is 0 Å². The molecular weight excluding hydrogens is 208 g/mol. The predicted octanol–water partition coefficient (Wildman–Crippen LogP) is 3.19. The molecule has 0 spiro atoms. The van der Waals surface area contributed by atoms with E-state index in [0.717, 1.165) is 23.1 Å². The molecule has 1 atom stereocenters. The second-order valence-corrected chi connectivity index (χ2v) is 4.65. The van der Waals surface area contributed by atoms with Gasteiger partial charge in [0.1, 0.15) is 0 Å². The van der Waals surface area contributed by atoms with Crippen molar-refractivity contribution in [1.29, 1.82) is 0 Å². The maximum atomic E-state index is 6.14. The van der Waals surface area contributed by atoms with Crippen molar-refractivity contribution in [2.24, 2.45) is 5.92 Å². The van der Waals surface area contributed by atoms with E-state index in [-0.39, 0.29) is 0 Å². The first kappa shape index (κ1) is 10.9. The molecule has 1 heterocycles. The molecule has 0 amide bonds. The number of nitrogens with one attached hydrogen (secondary N) is 1. The van der Waals surface area contributed by atoms with Gasteiger partial charge >= 0.3 is 0 Å². The Kier molecular flexibility index (Phi) is 3.60. The molecule has 2 rings (SSSR count). The Morgan fingerprint density at radius 2 is 2.40 bits per heavy atom. The average molecular weight is 225 g/mol. The Morgan fingerprint density at radius 3 is 2.93 bits per heavy atom. The van der Waals surface area contributed by atoms with E-state index in [9.17, 15) is 0 Å². The van der Waals surface area contributed by atoms with Crippen molar-refractivity contribution in [2.45, 2.75) is 31.7 Å². The minimum absolute atomic E-state index is 0.309. The maximum absolute atomic E-state index is 6.14. The summed E-state index contributed by atoms with van der Waals surface area (Å²) in [6, 6.07) is 4.10. The van der Waals surface area contributed by atoms with Gasteiger partial charge in [-0.05, 0) is 31.5 Å². The Bertz CT molecular complexity index is 323. The molecule has 82 valence electrons. The largest absolute Gasteiger partial charge is 0.312 e. The fourth-order valence-corrected chi connectivity index (χ4v) is 2.34. The van der Waals surface area contributed by atoms with E-state index in [1.54, 1.807) is 0 Å². The highest BCUT2D eigenvalue weighted by molar-refractivity contribution is 6.31. The topological polar surface area (TPSA) is 24.9 Å². The highest BCUT2D eigenvalue weighted by Crippen LogP contribution is 2.35. The number of rotatable bonds is 4. The molecule has 1 aliphatic rings. The van der Waals surface area contributed by atoms with Crippen LogP contribution in [-0.2, 0) is 0 Å². The summed E-state index contributed by atoms with van der Waals surface area (Å²) in [5, 5.41) is 4.09. The van der Waals surface area contributed by atoms with Gasteiger partial charge in [-0.1, -0.05) is 30.9 Å². The van der Waals surface area contributed by atoms with Crippen molar-refractivity contribution in [2.75, 3.05) is 7.05 Å². The molecule has 3 heteroatoms. The summed E-state index contributed by atoms with van der Waals surface area (Å²) in [5.74, 6) is 0.862. The number of nitrogens with zero attached hydrogens (tertiary/aromatic N) is 1. The quantitative estimate of drug-likeness (QED) is 0.850. The summed E-state index contributed by atoms with van der Waals surface area (Å²) in [6.45, 7) is 0. The van der Waals surface area contributed by atoms with Gasteiger partial charge in [-0.2, -0.15) is 0 Å². The lowest BCUT2D eigenvalue weighted by Gasteiger charge is -2.29.